The third-order valence-electron chi connectivity index (χ3n) is 4.56. The first kappa shape index (κ1) is 19.2. The van der Waals surface area contributed by atoms with Crippen LogP contribution in [0.5, 0.6) is 11.5 Å². The van der Waals surface area contributed by atoms with Crippen LogP contribution >= 0.6 is 0 Å². The molecule has 146 valence electrons. The predicted molar refractivity (Wildman–Crippen MR) is 100.0 cm³/mol. The number of nitrogens with one attached hydrogen (secondary N) is 2. The van der Waals surface area contributed by atoms with Crippen LogP contribution < -0.4 is 20.1 Å². The smallest absolute Gasteiger partial charge is 0.222 e. The summed E-state index contributed by atoms with van der Waals surface area (Å²) in [6.45, 7) is 1.97. The van der Waals surface area contributed by atoms with Crippen molar-refractivity contribution in [2.24, 2.45) is 7.05 Å². The Kier molecular flexibility index (Phi) is 6.31. The lowest BCUT2D eigenvalue weighted by atomic mass is 10.0. The lowest BCUT2D eigenvalue weighted by molar-refractivity contribution is -0.122. The number of nitrogens with zero attached hydrogens (tertiary/aromatic N) is 2. The summed E-state index contributed by atoms with van der Waals surface area (Å²) in [6, 6.07) is 5.14. The van der Waals surface area contributed by atoms with Crippen LogP contribution in [0.4, 0.5) is 0 Å². The molecule has 2 unspecified atom stereocenters. The molecule has 8 heteroatoms. The first-order valence-electron chi connectivity index (χ1n) is 8.91. The normalized spacial score (nSPS) is 18.0. The van der Waals surface area contributed by atoms with Crippen LogP contribution in [-0.4, -0.2) is 55.5 Å². The highest BCUT2D eigenvalue weighted by Crippen LogP contribution is 2.29. The average Bonchev–Trinajstić information content (AvgIpc) is 3.12. The van der Waals surface area contributed by atoms with Crippen molar-refractivity contribution in [2.45, 2.75) is 18.5 Å². The molecule has 0 saturated carbocycles. The number of amides is 1. The Balaban J connectivity index is 1.85. The molecular weight excluding hydrogens is 348 g/mol. The molecule has 0 spiro atoms. The molecule has 2 atom stereocenters. The summed E-state index contributed by atoms with van der Waals surface area (Å²) in [4.78, 5) is 17.1. The van der Waals surface area contributed by atoms with Crippen LogP contribution in [-0.2, 0) is 16.6 Å². The number of ether oxygens (including phenoxy) is 3. The molecule has 1 fully saturated rings. The number of imidazole rings is 1. The molecule has 8 nitrogen and oxygen atoms in total. The van der Waals surface area contributed by atoms with Crippen molar-refractivity contribution in [3.8, 4) is 11.5 Å². The molecule has 2 heterocycles. The number of aromatic nitrogens is 2. The van der Waals surface area contributed by atoms with E-state index in [1.165, 1.54) is 0 Å². The fraction of sp³-hybridized carbons (Fsp3) is 0.474. The minimum atomic E-state index is -0.425. The summed E-state index contributed by atoms with van der Waals surface area (Å²) in [5.41, 5.74) is 0.835. The van der Waals surface area contributed by atoms with Crippen LogP contribution in [0.15, 0.2) is 30.6 Å². The molecule has 0 bridgehead atoms. The van der Waals surface area contributed by atoms with E-state index in [0.29, 0.717) is 31.1 Å². The maximum atomic E-state index is 12.7. The molecule has 2 N–H and O–H groups in total. The SMILES string of the molecule is COc1cc(OC)cc(C(NC(=O)CC2COCCN2)c2nccn2C)c1. The Morgan fingerprint density at radius 2 is 2.11 bits per heavy atom. The van der Waals surface area contributed by atoms with E-state index in [0.717, 1.165) is 17.9 Å². The van der Waals surface area contributed by atoms with Gasteiger partial charge in [-0.15, -0.1) is 0 Å². The Hall–Kier alpha value is -2.58. The first-order chi connectivity index (χ1) is 13.1. The van der Waals surface area contributed by atoms with Gasteiger partial charge in [-0.05, 0) is 17.7 Å². The van der Waals surface area contributed by atoms with Gasteiger partial charge in [-0.1, -0.05) is 0 Å². The summed E-state index contributed by atoms with van der Waals surface area (Å²) in [5, 5.41) is 6.40. The molecule has 1 aromatic heterocycles. The monoisotopic (exact) mass is 374 g/mol. The van der Waals surface area contributed by atoms with Crippen molar-refractivity contribution in [1.29, 1.82) is 0 Å². The Morgan fingerprint density at radius 3 is 2.67 bits per heavy atom. The molecule has 1 saturated heterocycles. The zero-order chi connectivity index (χ0) is 19.2. The summed E-state index contributed by atoms with van der Waals surface area (Å²) in [5.74, 6) is 1.96. The highest BCUT2D eigenvalue weighted by molar-refractivity contribution is 5.77. The third kappa shape index (κ3) is 4.78. The second-order valence-corrected chi connectivity index (χ2v) is 6.47. The van der Waals surface area contributed by atoms with Gasteiger partial charge in [0.2, 0.25) is 5.91 Å². The van der Waals surface area contributed by atoms with Crippen LogP contribution in [0.2, 0.25) is 0 Å². The summed E-state index contributed by atoms with van der Waals surface area (Å²) in [6.07, 6.45) is 3.90. The van der Waals surface area contributed by atoms with Crippen molar-refractivity contribution in [3.05, 3.63) is 42.0 Å². The quantitative estimate of drug-likeness (QED) is 0.753. The second kappa shape index (κ2) is 8.88. The van der Waals surface area contributed by atoms with E-state index in [-0.39, 0.29) is 11.9 Å². The largest absolute Gasteiger partial charge is 0.497 e. The average molecular weight is 374 g/mol. The van der Waals surface area contributed by atoms with E-state index in [2.05, 4.69) is 15.6 Å². The standard InChI is InChI=1S/C19H26N4O4/c1-23-6-4-21-19(23)18(13-8-15(25-2)11-16(9-13)26-3)22-17(24)10-14-12-27-7-5-20-14/h4,6,8-9,11,14,18,20H,5,7,10,12H2,1-3H3,(H,22,24). The number of carbonyl (C=O) groups is 1. The number of methoxy groups -OCH3 is 2. The lowest BCUT2D eigenvalue weighted by Crippen LogP contribution is -2.44. The Bertz CT molecular complexity index is 749. The maximum Gasteiger partial charge on any atom is 0.222 e. The molecule has 1 aliphatic rings. The van der Waals surface area contributed by atoms with Crippen molar-refractivity contribution >= 4 is 5.91 Å². The predicted octanol–water partition coefficient (Wildman–Crippen LogP) is 1.02. The minimum absolute atomic E-state index is 0.0145. The van der Waals surface area contributed by atoms with Gasteiger partial charge in [0.25, 0.3) is 0 Å². The van der Waals surface area contributed by atoms with Gasteiger partial charge in [-0.25, -0.2) is 4.98 Å². The molecule has 1 aromatic carbocycles. The van der Waals surface area contributed by atoms with E-state index in [9.17, 15) is 4.79 Å². The topological polar surface area (TPSA) is 86.6 Å². The lowest BCUT2D eigenvalue weighted by Gasteiger charge is -2.25. The maximum absolute atomic E-state index is 12.7. The van der Waals surface area contributed by atoms with Gasteiger partial charge in [0.05, 0.1) is 27.4 Å². The molecule has 0 aliphatic carbocycles. The van der Waals surface area contributed by atoms with Crippen LogP contribution in [0, 0.1) is 0 Å². The fourth-order valence-electron chi connectivity index (χ4n) is 3.14. The van der Waals surface area contributed by atoms with Gasteiger partial charge in [-0.3, -0.25) is 4.79 Å². The molecular formula is C19H26N4O4. The Morgan fingerprint density at radius 1 is 1.37 bits per heavy atom. The number of morpholine rings is 1. The number of benzene rings is 1. The van der Waals surface area contributed by atoms with E-state index in [1.807, 2.05) is 29.9 Å². The highest BCUT2D eigenvalue weighted by atomic mass is 16.5. The third-order valence-corrected chi connectivity index (χ3v) is 4.56. The zero-order valence-electron chi connectivity index (χ0n) is 15.9. The van der Waals surface area contributed by atoms with Gasteiger partial charge in [-0.2, -0.15) is 0 Å². The van der Waals surface area contributed by atoms with Crippen LogP contribution in [0.1, 0.15) is 23.9 Å². The zero-order valence-corrected chi connectivity index (χ0v) is 15.9. The molecule has 2 aromatic rings. The number of aryl methyl sites for hydroxylation is 1. The van der Waals surface area contributed by atoms with Gasteiger partial charge in [0, 0.05) is 44.5 Å². The van der Waals surface area contributed by atoms with Gasteiger partial charge < -0.3 is 29.4 Å². The second-order valence-electron chi connectivity index (χ2n) is 6.47. The van der Waals surface area contributed by atoms with Gasteiger partial charge in [0.15, 0.2) is 0 Å². The molecule has 3 rings (SSSR count). The Labute approximate surface area is 158 Å². The molecule has 27 heavy (non-hydrogen) atoms. The van der Waals surface area contributed by atoms with E-state index < -0.39 is 6.04 Å². The molecule has 0 radical (unpaired) electrons. The number of hydrogen-bond donors (Lipinski definition) is 2. The van der Waals surface area contributed by atoms with Crippen molar-refractivity contribution in [1.82, 2.24) is 20.2 Å². The fourth-order valence-corrected chi connectivity index (χ4v) is 3.14. The first-order valence-corrected chi connectivity index (χ1v) is 8.91. The van der Waals surface area contributed by atoms with Gasteiger partial charge in [0.1, 0.15) is 23.4 Å². The minimum Gasteiger partial charge on any atom is -0.497 e. The summed E-state index contributed by atoms with van der Waals surface area (Å²) in [7, 11) is 5.10. The number of hydrogen-bond acceptors (Lipinski definition) is 6. The van der Waals surface area contributed by atoms with E-state index in [4.69, 9.17) is 14.2 Å². The summed E-state index contributed by atoms with van der Waals surface area (Å²) < 4.78 is 18.1. The highest BCUT2D eigenvalue weighted by Gasteiger charge is 2.24. The molecule has 1 amide bonds. The number of rotatable bonds is 7. The van der Waals surface area contributed by atoms with Gasteiger partial charge >= 0.3 is 0 Å². The van der Waals surface area contributed by atoms with Crippen LogP contribution in [0.3, 0.4) is 0 Å². The van der Waals surface area contributed by atoms with Crippen LogP contribution in [0.25, 0.3) is 0 Å². The van der Waals surface area contributed by atoms with Crippen molar-refractivity contribution in [2.75, 3.05) is 34.0 Å². The molecule has 1 aliphatic heterocycles. The van der Waals surface area contributed by atoms with Crippen molar-refractivity contribution in [3.63, 3.8) is 0 Å². The van der Waals surface area contributed by atoms with E-state index in [1.54, 1.807) is 26.5 Å². The summed E-state index contributed by atoms with van der Waals surface area (Å²) >= 11 is 0. The van der Waals surface area contributed by atoms with E-state index >= 15 is 0 Å². The number of carbonyl (C=O) groups excluding carboxylic acids is 1. The van der Waals surface area contributed by atoms with Crippen molar-refractivity contribution < 1.29 is 19.0 Å².